The van der Waals surface area contributed by atoms with E-state index in [-0.39, 0.29) is 17.6 Å². The number of hydrogen-bond acceptors (Lipinski definition) is 6. The van der Waals surface area contributed by atoms with E-state index in [9.17, 15) is 4.79 Å². The van der Waals surface area contributed by atoms with Gasteiger partial charge in [0, 0.05) is 18.7 Å². The molecule has 0 saturated heterocycles. The number of nitrogens with zero attached hydrogens (tertiary/aromatic N) is 5. The van der Waals surface area contributed by atoms with Crippen molar-refractivity contribution in [2.45, 2.75) is 12.5 Å². The van der Waals surface area contributed by atoms with Gasteiger partial charge in [-0.1, -0.05) is 66.7 Å². The first-order chi connectivity index (χ1) is 16.8. The zero-order valence-corrected chi connectivity index (χ0v) is 18.4. The molecule has 8 nitrogen and oxygen atoms in total. The molecule has 0 bridgehead atoms. The number of pyridine rings is 1. The van der Waals surface area contributed by atoms with Gasteiger partial charge in [-0.2, -0.15) is 0 Å². The largest absolute Gasteiger partial charge is 0.344 e. The fourth-order valence-electron chi connectivity index (χ4n) is 3.78. The molecule has 3 aromatic heterocycles. The van der Waals surface area contributed by atoms with E-state index in [4.69, 9.17) is 0 Å². The lowest BCUT2D eigenvalue weighted by molar-refractivity contribution is 0.0940. The number of hydrogen-bond donors (Lipinski definition) is 2. The summed E-state index contributed by atoms with van der Waals surface area (Å²) >= 11 is 0. The Morgan fingerprint density at radius 1 is 0.853 bits per heavy atom. The maximum atomic E-state index is 12.6. The van der Waals surface area contributed by atoms with Crippen molar-refractivity contribution >= 4 is 17.1 Å². The average Bonchev–Trinajstić information content (AvgIpc) is 3.31. The van der Waals surface area contributed by atoms with E-state index in [1.165, 1.54) is 11.1 Å². The summed E-state index contributed by atoms with van der Waals surface area (Å²) < 4.78 is 1.74. The van der Waals surface area contributed by atoms with Crippen LogP contribution >= 0.6 is 0 Å². The van der Waals surface area contributed by atoms with E-state index in [1.54, 1.807) is 23.4 Å². The molecule has 0 fully saturated rings. The summed E-state index contributed by atoms with van der Waals surface area (Å²) in [5.74, 6) is -0.163. The highest BCUT2D eigenvalue weighted by Gasteiger charge is 2.16. The molecule has 1 amide bonds. The molecule has 0 radical (unpaired) electrons. The van der Waals surface area contributed by atoms with Crippen molar-refractivity contribution in [2.75, 3.05) is 12.0 Å². The van der Waals surface area contributed by atoms with Crippen molar-refractivity contribution in [1.82, 2.24) is 29.9 Å². The van der Waals surface area contributed by atoms with Gasteiger partial charge in [-0.25, -0.2) is 19.6 Å². The smallest absolute Gasteiger partial charge is 0.289 e. The van der Waals surface area contributed by atoms with Crippen molar-refractivity contribution in [3.63, 3.8) is 0 Å². The van der Waals surface area contributed by atoms with E-state index in [1.807, 2.05) is 54.6 Å². The number of imidazole rings is 1. The average molecular weight is 450 g/mol. The zero-order chi connectivity index (χ0) is 23.2. The molecule has 3 heterocycles. The molecule has 0 spiro atoms. The first-order valence-corrected chi connectivity index (χ1v) is 11.0. The molecule has 0 saturated carbocycles. The monoisotopic (exact) mass is 449 g/mol. The summed E-state index contributed by atoms with van der Waals surface area (Å²) in [6.45, 7) is 0.916. The van der Waals surface area contributed by atoms with Gasteiger partial charge in [0.25, 0.3) is 5.91 Å². The van der Waals surface area contributed by atoms with Crippen LogP contribution in [-0.2, 0) is 6.54 Å². The Hall–Kier alpha value is -4.59. The van der Waals surface area contributed by atoms with Crippen LogP contribution in [0, 0.1) is 0 Å². The number of amides is 1. The topological polar surface area (TPSA) is 97.6 Å². The normalized spacial score (nSPS) is 11.0. The highest BCUT2D eigenvalue weighted by atomic mass is 16.2. The summed E-state index contributed by atoms with van der Waals surface area (Å²) in [5, 5.41) is 2.81. The molecular formula is C26H23N7O. The molecule has 0 aliphatic heterocycles. The molecule has 0 aliphatic rings. The minimum absolute atomic E-state index is 0.0784. The van der Waals surface area contributed by atoms with Gasteiger partial charge in [0.2, 0.25) is 5.82 Å². The van der Waals surface area contributed by atoms with E-state index in [0.29, 0.717) is 24.3 Å². The molecule has 2 aromatic carbocycles. The summed E-state index contributed by atoms with van der Waals surface area (Å²) in [7, 11) is 0. The lowest BCUT2D eigenvalue weighted by atomic mass is 9.91. The van der Waals surface area contributed by atoms with Crippen molar-refractivity contribution in [3.05, 3.63) is 120 Å². The summed E-state index contributed by atoms with van der Waals surface area (Å²) in [5.41, 5.74) is 7.72. The van der Waals surface area contributed by atoms with Gasteiger partial charge in [0.1, 0.15) is 11.8 Å². The first-order valence-electron chi connectivity index (χ1n) is 11.0. The van der Waals surface area contributed by atoms with Crippen LogP contribution in [0.2, 0.25) is 0 Å². The third kappa shape index (κ3) is 4.75. The standard InChI is InChI=1S/C26H23N7O/c34-26(29-15-21-13-7-8-14-27-21)24-28-17-23-25(32-24)33(18-30-23)31-16-22(19-9-3-1-4-10-19)20-11-5-2-6-12-20/h1-14,17-18,22,31H,15-16H2,(H,29,34). The van der Waals surface area contributed by atoms with Gasteiger partial charge in [0.05, 0.1) is 18.4 Å². The van der Waals surface area contributed by atoms with Crippen LogP contribution in [-0.4, -0.2) is 37.1 Å². The van der Waals surface area contributed by atoms with E-state index in [0.717, 1.165) is 5.69 Å². The highest BCUT2D eigenvalue weighted by molar-refractivity contribution is 5.91. The predicted octanol–water partition coefficient (Wildman–Crippen LogP) is 3.53. The molecule has 5 aromatic rings. The maximum absolute atomic E-state index is 12.6. The summed E-state index contributed by atoms with van der Waals surface area (Å²) in [6, 6.07) is 26.2. The van der Waals surface area contributed by atoms with Crippen molar-refractivity contribution in [2.24, 2.45) is 0 Å². The van der Waals surface area contributed by atoms with Crippen LogP contribution in [0.4, 0.5) is 0 Å². The number of benzene rings is 2. The minimum Gasteiger partial charge on any atom is -0.344 e. The number of nitrogens with one attached hydrogen (secondary N) is 2. The van der Waals surface area contributed by atoms with Crippen molar-refractivity contribution < 1.29 is 4.79 Å². The Bertz CT molecular complexity index is 1330. The molecular weight excluding hydrogens is 426 g/mol. The molecule has 168 valence electrons. The lowest BCUT2D eigenvalue weighted by Crippen LogP contribution is -2.26. The molecule has 8 heteroatoms. The predicted molar refractivity (Wildman–Crippen MR) is 130 cm³/mol. The Balaban J connectivity index is 1.34. The quantitative estimate of drug-likeness (QED) is 0.376. The van der Waals surface area contributed by atoms with E-state index in [2.05, 4.69) is 54.9 Å². The lowest BCUT2D eigenvalue weighted by Gasteiger charge is -2.20. The third-order valence-corrected chi connectivity index (χ3v) is 5.52. The first kappa shape index (κ1) is 21.3. The second-order valence-electron chi connectivity index (χ2n) is 7.76. The van der Waals surface area contributed by atoms with Gasteiger partial charge in [-0.3, -0.25) is 9.78 Å². The van der Waals surface area contributed by atoms with Crippen LogP contribution in [0.1, 0.15) is 33.4 Å². The molecule has 34 heavy (non-hydrogen) atoms. The fourth-order valence-corrected chi connectivity index (χ4v) is 3.78. The molecule has 0 aliphatic carbocycles. The number of rotatable bonds is 8. The minimum atomic E-state index is -0.369. The van der Waals surface area contributed by atoms with E-state index >= 15 is 0 Å². The van der Waals surface area contributed by atoms with Gasteiger partial charge in [-0.05, 0) is 23.3 Å². The van der Waals surface area contributed by atoms with Crippen LogP contribution < -0.4 is 10.7 Å². The Morgan fingerprint density at radius 3 is 2.24 bits per heavy atom. The molecule has 5 rings (SSSR count). The number of fused-ring (bicyclic) bond motifs is 1. The second kappa shape index (κ2) is 9.91. The van der Waals surface area contributed by atoms with Gasteiger partial charge < -0.3 is 10.7 Å². The number of carbonyl (C=O) groups excluding carboxylic acids is 1. The second-order valence-corrected chi connectivity index (χ2v) is 7.76. The Morgan fingerprint density at radius 2 is 1.56 bits per heavy atom. The van der Waals surface area contributed by atoms with E-state index < -0.39 is 0 Å². The van der Waals surface area contributed by atoms with Gasteiger partial charge >= 0.3 is 0 Å². The van der Waals surface area contributed by atoms with Crippen LogP contribution in [0.15, 0.2) is 97.6 Å². The van der Waals surface area contributed by atoms with Gasteiger partial charge in [-0.15, -0.1) is 0 Å². The van der Waals surface area contributed by atoms with Gasteiger partial charge in [0.15, 0.2) is 5.65 Å². The summed E-state index contributed by atoms with van der Waals surface area (Å²) in [4.78, 5) is 29.8. The van der Waals surface area contributed by atoms with Crippen LogP contribution in [0.25, 0.3) is 11.2 Å². The Labute approximate surface area is 196 Å². The molecule has 0 atom stereocenters. The van der Waals surface area contributed by atoms with Crippen LogP contribution in [0.3, 0.4) is 0 Å². The zero-order valence-electron chi connectivity index (χ0n) is 18.4. The summed E-state index contributed by atoms with van der Waals surface area (Å²) in [6.07, 6.45) is 4.90. The molecule has 0 unspecified atom stereocenters. The maximum Gasteiger partial charge on any atom is 0.289 e. The SMILES string of the molecule is O=C(NCc1ccccn1)c1ncc2ncn(NCC(c3ccccc3)c3ccccc3)c2n1. The van der Waals surface area contributed by atoms with Crippen molar-refractivity contribution in [1.29, 1.82) is 0 Å². The highest BCUT2D eigenvalue weighted by Crippen LogP contribution is 2.24. The third-order valence-electron chi connectivity index (χ3n) is 5.52. The molecule has 2 N–H and O–H groups in total. The van der Waals surface area contributed by atoms with Crippen LogP contribution in [0.5, 0.6) is 0 Å². The number of carbonyl (C=O) groups is 1. The number of aromatic nitrogens is 5. The Kier molecular flexibility index (Phi) is 6.20. The fraction of sp³-hybridized carbons (Fsp3) is 0.115. The van der Waals surface area contributed by atoms with Crippen molar-refractivity contribution in [3.8, 4) is 0 Å².